The average molecular weight is 392 g/mol. The zero-order valence-electron chi connectivity index (χ0n) is 15.2. The maximum absolute atomic E-state index is 14.0. The van der Waals surface area contributed by atoms with Crippen LogP contribution in [0.15, 0.2) is 47.6 Å². The van der Waals surface area contributed by atoms with Crippen molar-refractivity contribution < 1.29 is 27.5 Å². The number of halogens is 3. The number of methoxy groups -OCH3 is 1. The van der Waals surface area contributed by atoms with Crippen LogP contribution in [0.4, 0.5) is 13.2 Å². The number of carbonyl (C=O) groups is 1. The Kier molecular flexibility index (Phi) is 6.30. The molecule has 0 saturated carbocycles. The summed E-state index contributed by atoms with van der Waals surface area (Å²) >= 11 is 0. The number of rotatable bonds is 7. The van der Waals surface area contributed by atoms with Crippen LogP contribution in [0, 0.1) is 17.5 Å². The number of carbonyl (C=O) groups excluding carboxylic acids is 1. The summed E-state index contributed by atoms with van der Waals surface area (Å²) in [6, 6.07) is 9.38. The molecule has 0 N–H and O–H groups in total. The maximum Gasteiger partial charge on any atom is 0.248 e. The van der Waals surface area contributed by atoms with Gasteiger partial charge in [0, 0.05) is 37.3 Å². The third kappa shape index (κ3) is 4.69. The predicted octanol–water partition coefficient (Wildman–Crippen LogP) is 3.27. The summed E-state index contributed by atoms with van der Waals surface area (Å²) in [6.07, 6.45) is -0.220. The molecule has 2 aromatic rings. The molecule has 148 valence electrons. The molecule has 28 heavy (non-hydrogen) atoms. The van der Waals surface area contributed by atoms with Gasteiger partial charge in [0.25, 0.3) is 0 Å². The van der Waals surface area contributed by atoms with E-state index >= 15 is 0 Å². The second-order valence-corrected chi connectivity index (χ2v) is 6.39. The first-order chi connectivity index (χ1) is 13.5. The van der Waals surface area contributed by atoms with Gasteiger partial charge in [-0.1, -0.05) is 29.4 Å². The van der Waals surface area contributed by atoms with Gasteiger partial charge in [0.15, 0.2) is 6.10 Å². The highest BCUT2D eigenvalue weighted by atomic mass is 19.1. The van der Waals surface area contributed by atoms with Crippen LogP contribution in [0.2, 0.25) is 0 Å². The summed E-state index contributed by atoms with van der Waals surface area (Å²) in [4.78, 5) is 19.1. The molecule has 8 heteroatoms. The SMILES string of the molecule is COCC(=O)N(Cc1ccc(F)cc1F)CC1CC(c2ccccc2F)=NO1. The Morgan fingerprint density at radius 3 is 2.71 bits per heavy atom. The minimum Gasteiger partial charge on any atom is -0.390 e. The van der Waals surface area contributed by atoms with E-state index in [2.05, 4.69) is 5.16 Å². The second kappa shape index (κ2) is 8.88. The van der Waals surface area contributed by atoms with Crippen LogP contribution < -0.4 is 0 Å². The lowest BCUT2D eigenvalue weighted by atomic mass is 10.0. The second-order valence-electron chi connectivity index (χ2n) is 6.39. The first-order valence-electron chi connectivity index (χ1n) is 8.66. The Morgan fingerprint density at radius 2 is 2.00 bits per heavy atom. The third-order valence-corrected chi connectivity index (χ3v) is 4.34. The number of hydrogen-bond acceptors (Lipinski definition) is 4. The van der Waals surface area contributed by atoms with Crippen LogP contribution >= 0.6 is 0 Å². The van der Waals surface area contributed by atoms with E-state index in [0.717, 1.165) is 12.1 Å². The molecule has 0 radical (unpaired) electrons. The fraction of sp³-hybridized carbons (Fsp3) is 0.300. The summed E-state index contributed by atoms with van der Waals surface area (Å²) in [5.41, 5.74) is 0.943. The van der Waals surface area contributed by atoms with E-state index in [4.69, 9.17) is 9.57 Å². The fourth-order valence-electron chi connectivity index (χ4n) is 2.95. The first-order valence-corrected chi connectivity index (χ1v) is 8.66. The van der Waals surface area contributed by atoms with E-state index < -0.39 is 23.6 Å². The minimum absolute atomic E-state index is 0.0802. The molecule has 0 spiro atoms. The van der Waals surface area contributed by atoms with E-state index in [0.29, 0.717) is 17.7 Å². The van der Waals surface area contributed by atoms with E-state index in [1.165, 1.54) is 24.1 Å². The highest BCUT2D eigenvalue weighted by Crippen LogP contribution is 2.21. The molecular formula is C20H19F3N2O3. The lowest BCUT2D eigenvalue weighted by molar-refractivity contribution is -0.137. The molecule has 1 atom stereocenters. The number of ether oxygens (including phenoxy) is 1. The van der Waals surface area contributed by atoms with Crippen molar-refractivity contribution in [1.82, 2.24) is 4.90 Å². The Morgan fingerprint density at radius 1 is 1.21 bits per heavy atom. The summed E-state index contributed by atoms with van der Waals surface area (Å²) < 4.78 is 45.9. The van der Waals surface area contributed by atoms with Gasteiger partial charge in [-0.3, -0.25) is 4.79 Å². The van der Waals surface area contributed by atoms with Crippen LogP contribution in [-0.4, -0.2) is 42.9 Å². The van der Waals surface area contributed by atoms with Crippen LogP contribution in [0.5, 0.6) is 0 Å². The van der Waals surface area contributed by atoms with Gasteiger partial charge in [-0.05, 0) is 12.1 Å². The molecule has 0 aromatic heterocycles. The molecule has 0 bridgehead atoms. The molecule has 0 fully saturated rings. The van der Waals surface area contributed by atoms with Crippen molar-refractivity contribution in [3.63, 3.8) is 0 Å². The van der Waals surface area contributed by atoms with Gasteiger partial charge in [-0.25, -0.2) is 13.2 Å². The molecule has 1 aliphatic rings. The molecule has 1 unspecified atom stereocenters. The minimum atomic E-state index is -0.745. The molecule has 0 aliphatic carbocycles. The molecule has 0 saturated heterocycles. The normalized spacial score (nSPS) is 15.9. The number of nitrogens with zero attached hydrogens (tertiary/aromatic N) is 2. The standard InChI is InChI=1S/C20H19F3N2O3/c1-27-12-20(26)25(10-13-6-7-14(21)8-18(13)23)11-15-9-19(24-28-15)16-4-2-3-5-17(16)22/h2-8,15H,9-12H2,1H3. The number of amides is 1. The van der Waals surface area contributed by atoms with Crippen molar-refractivity contribution in [3.8, 4) is 0 Å². The summed E-state index contributed by atoms with van der Waals surface area (Å²) in [5, 5.41) is 3.93. The van der Waals surface area contributed by atoms with Gasteiger partial charge < -0.3 is 14.5 Å². The van der Waals surface area contributed by atoms with E-state index in [1.54, 1.807) is 18.2 Å². The monoisotopic (exact) mass is 392 g/mol. The molecule has 2 aromatic carbocycles. The van der Waals surface area contributed by atoms with Gasteiger partial charge >= 0.3 is 0 Å². The van der Waals surface area contributed by atoms with Gasteiger partial charge in [0.2, 0.25) is 5.91 Å². The quantitative estimate of drug-likeness (QED) is 0.727. The first kappa shape index (κ1) is 19.9. The molecule has 3 rings (SSSR count). The smallest absolute Gasteiger partial charge is 0.248 e. The molecule has 1 amide bonds. The van der Waals surface area contributed by atoms with Crippen LogP contribution in [0.25, 0.3) is 0 Å². The number of hydrogen-bond donors (Lipinski definition) is 0. The van der Waals surface area contributed by atoms with Gasteiger partial charge in [-0.15, -0.1) is 0 Å². The number of benzene rings is 2. The topological polar surface area (TPSA) is 51.1 Å². The van der Waals surface area contributed by atoms with Gasteiger partial charge in [0.1, 0.15) is 24.1 Å². The van der Waals surface area contributed by atoms with Crippen LogP contribution in [0.3, 0.4) is 0 Å². The summed E-state index contributed by atoms with van der Waals surface area (Å²) in [7, 11) is 1.38. The third-order valence-electron chi connectivity index (χ3n) is 4.34. The van der Waals surface area contributed by atoms with E-state index in [-0.39, 0.29) is 31.2 Å². The Labute approximate surface area is 160 Å². The van der Waals surface area contributed by atoms with Gasteiger partial charge in [-0.2, -0.15) is 0 Å². The van der Waals surface area contributed by atoms with E-state index in [1.807, 2.05) is 0 Å². The lowest BCUT2D eigenvalue weighted by Gasteiger charge is -2.25. The van der Waals surface area contributed by atoms with Crippen molar-refractivity contribution >= 4 is 11.6 Å². The molecule has 1 heterocycles. The zero-order valence-corrected chi connectivity index (χ0v) is 15.2. The summed E-state index contributed by atoms with van der Waals surface area (Å²) in [5.74, 6) is -2.23. The fourth-order valence-corrected chi connectivity index (χ4v) is 2.95. The zero-order chi connectivity index (χ0) is 20.1. The van der Waals surface area contributed by atoms with E-state index in [9.17, 15) is 18.0 Å². The van der Waals surface area contributed by atoms with Crippen LogP contribution in [0.1, 0.15) is 17.5 Å². The highest BCUT2D eigenvalue weighted by molar-refractivity contribution is 6.01. The van der Waals surface area contributed by atoms with Crippen molar-refractivity contribution in [2.75, 3.05) is 20.3 Å². The lowest BCUT2D eigenvalue weighted by Crippen LogP contribution is -2.39. The molecular weight excluding hydrogens is 373 g/mol. The Hall–Kier alpha value is -2.87. The van der Waals surface area contributed by atoms with Gasteiger partial charge in [0.05, 0.1) is 12.3 Å². The van der Waals surface area contributed by atoms with Crippen molar-refractivity contribution in [2.24, 2.45) is 5.16 Å². The maximum atomic E-state index is 14.0. The van der Waals surface area contributed by atoms with Crippen LogP contribution in [-0.2, 0) is 20.9 Å². The van der Waals surface area contributed by atoms with Crippen molar-refractivity contribution in [2.45, 2.75) is 19.1 Å². The summed E-state index contributed by atoms with van der Waals surface area (Å²) in [6.45, 7) is -0.180. The average Bonchev–Trinajstić information content (AvgIpc) is 3.12. The predicted molar refractivity (Wildman–Crippen MR) is 96.1 cm³/mol. The van der Waals surface area contributed by atoms with Crippen molar-refractivity contribution in [1.29, 1.82) is 0 Å². The number of oxime groups is 1. The van der Waals surface area contributed by atoms with Crippen molar-refractivity contribution in [3.05, 3.63) is 71.0 Å². The highest BCUT2D eigenvalue weighted by Gasteiger charge is 2.28. The molecule has 5 nitrogen and oxygen atoms in total. The Balaban J connectivity index is 1.70. The Bertz CT molecular complexity index is 889. The molecule has 1 aliphatic heterocycles. The largest absolute Gasteiger partial charge is 0.390 e.